The van der Waals surface area contributed by atoms with Crippen LogP contribution in [0.3, 0.4) is 0 Å². The van der Waals surface area contributed by atoms with Crippen molar-refractivity contribution in [2.24, 2.45) is 0 Å². The molecule has 156 valence electrons. The number of fused-ring (bicyclic) bond motifs is 1. The second kappa shape index (κ2) is 9.96. The number of methoxy groups -OCH3 is 1. The molecule has 0 aromatic heterocycles. The Morgan fingerprint density at radius 2 is 1.87 bits per heavy atom. The smallest absolute Gasteiger partial charge is 0.275 e. The summed E-state index contributed by atoms with van der Waals surface area (Å²) in [5, 5.41) is 16.4. The summed E-state index contributed by atoms with van der Waals surface area (Å²) < 4.78 is 10.7. The van der Waals surface area contributed by atoms with Crippen LogP contribution in [-0.2, 0) is 9.47 Å². The van der Waals surface area contributed by atoms with Crippen molar-refractivity contribution < 1.29 is 19.2 Å². The average molecular weight is 408 g/mol. The highest BCUT2D eigenvalue weighted by Crippen LogP contribution is 2.30. The van der Waals surface area contributed by atoms with Gasteiger partial charge in [0.15, 0.2) is 0 Å². The molecule has 0 saturated carbocycles. The molecule has 1 unspecified atom stereocenters. The molecule has 1 amide bonds. The molecule has 30 heavy (non-hydrogen) atoms. The molecular weight excluding hydrogens is 384 g/mol. The predicted octanol–water partition coefficient (Wildman–Crippen LogP) is 4.54. The first-order valence-corrected chi connectivity index (χ1v) is 9.62. The molecule has 0 saturated heterocycles. The molecule has 0 heterocycles. The van der Waals surface area contributed by atoms with Crippen molar-refractivity contribution in [2.45, 2.75) is 19.4 Å². The zero-order valence-electron chi connectivity index (χ0n) is 17.0. The second-order valence-electron chi connectivity index (χ2n) is 6.99. The molecule has 0 fully saturated rings. The van der Waals surface area contributed by atoms with E-state index in [1.807, 2.05) is 43.3 Å². The van der Waals surface area contributed by atoms with E-state index < -0.39 is 11.0 Å². The van der Waals surface area contributed by atoms with E-state index in [1.54, 1.807) is 18.2 Å². The fourth-order valence-electron chi connectivity index (χ4n) is 3.33. The van der Waals surface area contributed by atoms with E-state index in [0.29, 0.717) is 24.1 Å². The maximum Gasteiger partial charge on any atom is 0.275 e. The maximum atomic E-state index is 12.6. The van der Waals surface area contributed by atoms with Gasteiger partial charge in [-0.1, -0.05) is 42.0 Å². The lowest BCUT2D eigenvalue weighted by molar-refractivity contribution is -0.386. The molecule has 1 atom stereocenters. The van der Waals surface area contributed by atoms with Crippen molar-refractivity contribution in [1.82, 2.24) is 5.32 Å². The van der Waals surface area contributed by atoms with E-state index >= 15 is 0 Å². The highest BCUT2D eigenvalue weighted by molar-refractivity contribution is 5.98. The topological polar surface area (TPSA) is 90.7 Å². The first-order valence-electron chi connectivity index (χ1n) is 9.62. The molecule has 0 aliphatic heterocycles. The van der Waals surface area contributed by atoms with Gasteiger partial charge < -0.3 is 14.8 Å². The number of carbonyl (C=O) groups excluding carboxylic acids is 1. The number of amides is 1. The minimum atomic E-state index is -0.581. The quantitative estimate of drug-likeness (QED) is 0.319. The summed E-state index contributed by atoms with van der Waals surface area (Å²) >= 11 is 0. The molecule has 7 heteroatoms. The summed E-state index contributed by atoms with van der Waals surface area (Å²) in [5.41, 5.74) is 1.91. The van der Waals surface area contributed by atoms with Crippen LogP contribution < -0.4 is 5.32 Å². The van der Waals surface area contributed by atoms with Crippen LogP contribution in [0, 0.1) is 17.0 Å². The number of hydrogen-bond acceptors (Lipinski definition) is 5. The van der Waals surface area contributed by atoms with Crippen molar-refractivity contribution >= 4 is 22.4 Å². The summed E-state index contributed by atoms with van der Waals surface area (Å²) in [7, 11) is 1.49. The molecule has 0 aliphatic carbocycles. The van der Waals surface area contributed by atoms with Crippen LogP contribution >= 0.6 is 0 Å². The Morgan fingerprint density at radius 1 is 1.10 bits per heavy atom. The van der Waals surface area contributed by atoms with Gasteiger partial charge in [-0.05, 0) is 42.3 Å². The Bertz CT molecular complexity index is 1050. The predicted molar refractivity (Wildman–Crippen MR) is 114 cm³/mol. The summed E-state index contributed by atoms with van der Waals surface area (Å²) in [6.07, 6.45) is -0.213. The van der Waals surface area contributed by atoms with Crippen LogP contribution in [-0.4, -0.2) is 31.3 Å². The average Bonchev–Trinajstić information content (AvgIpc) is 2.75. The van der Waals surface area contributed by atoms with Gasteiger partial charge >= 0.3 is 0 Å². The molecule has 0 radical (unpaired) electrons. The van der Waals surface area contributed by atoms with E-state index in [4.69, 9.17) is 9.47 Å². The molecular formula is C23H24N2O5. The molecule has 1 N–H and O–H groups in total. The first-order chi connectivity index (χ1) is 14.5. The van der Waals surface area contributed by atoms with Gasteiger partial charge in [0.2, 0.25) is 0 Å². The van der Waals surface area contributed by atoms with Crippen molar-refractivity contribution in [3.8, 4) is 0 Å². The van der Waals surface area contributed by atoms with Gasteiger partial charge in [-0.2, -0.15) is 0 Å². The summed E-state index contributed by atoms with van der Waals surface area (Å²) in [4.78, 5) is 23.6. The van der Waals surface area contributed by atoms with Crippen LogP contribution in [0.2, 0.25) is 0 Å². The summed E-state index contributed by atoms with van der Waals surface area (Å²) in [6.45, 7) is 2.15. The van der Waals surface area contributed by atoms with E-state index in [-0.39, 0.29) is 18.4 Å². The van der Waals surface area contributed by atoms with Gasteiger partial charge in [0.25, 0.3) is 11.6 Å². The molecule has 3 rings (SSSR count). The lowest BCUT2D eigenvalue weighted by Gasteiger charge is -2.19. The molecule has 3 aromatic carbocycles. The van der Waals surface area contributed by atoms with Crippen LogP contribution in [0.5, 0.6) is 0 Å². The van der Waals surface area contributed by atoms with E-state index in [9.17, 15) is 14.9 Å². The number of aryl methyl sites for hydroxylation is 1. The van der Waals surface area contributed by atoms with Crippen molar-refractivity contribution in [1.29, 1.82) is 0 Å². The molecule has 0 aliphatic rings. The number of ether oxygens (including phenoxy) is 2. The van der Waals surface area contributed by atoms with Crippen LogP contribution in [0.25, 0.3) is 10.8 Å². The third-order valence-corrected chi connectivity index (χ3v) is 4.82. The van der Waals surface area contributed by atoms with E-state index in [1.165, 1.54) is 13.2 Å². The Labute approximate surface area is 174 Å². The third-order valence-electron chi connectivity index (χ3n) is 4.82. The second-order valence-corrected chi connectivity index (χ2v) is 6.99. The number of nitro benzene ring substituents is 1. The minimum Gasteiger partial charge on any atom is -0.359 e. The number of nitrogens with zero attached hydrogens (tertiary/aromatic N) is 1. The van der Waals surface area contributed by atoms with E-state index in [2.05, 4.69) is 5.32 Å². The Balaban J connectivity index is 1.71. The maximum absolute atomic E-state index is 12.6. The lowest BCUT2D eigenvalue weighted by atomic mass is 10.0. The van der Waals surface area contributed by atoms with Gasteiger partial charge in [-0.3, -0.25) is 14.9 Å². The Morgan fingerprint density at radius 3 is 2.60 bits per heavy atom. The van der Waals surface area contributed by atoms with Gasteiger partial charge in [-0.25, -0.2) is 0 Å². The molecule has 0 spiro atoms. The van der Waals surface area contributed by atoms with Crippen LogP contribution in [0.1, 0.15) is 34.0 Å². The zero-order valence-corrected chi connectivity index (χ0v) is 17.0. The molecule has 0 bridgehead atoms. The number of carbonyl (C=O) groups is 1. The monoisotopic (exact) mass is 408 g/mol. The Kier molecular flexibility index (Phi) is 7.11. The summed E-state index contributed by atoms with van der Waals surface area (Å²) in [5.74, 6) is -0.204. The normalized spacial score (nSPS) is 11.9. The molecule has 7 nitrogen and oxygen atoms in total. The highest BCUT2D eigenvalue weighted by Gasteiger charge is 2.23. The zero-order chi connectivity index (χ0) is 21.5. The first kappa shape index (κ1) is 21.4. The number of rotatable bonds is 9. The number of benzene rings is 3. The third kappa shape index (κ3) is 5.20. The fourth-order valence-corrected chi connectivity index (χ4v) is 3.33. The van der Waals surface area contributed by atoms with Gasteiger partial charge in [0, 0.05) is 25.3 Å². The van der Waals surface area contributed by atoms with Crippen molar-refractivity contribution in [3.63, 3.8) is 0 Å². The van der Waals surface area contributed by atoms with Crippen LogP contribution in [0.15, 0.2) is 60.7 Å². The van der Waals surface area contributed by atoms with Gasteiger partial charge in [0.1, 0.15) is 6.79 Å². The summed E-state index contributed by atoms with van der Waals surface area (Å²) in [6, 6.07) is 18.3. The highest BCUT2D eigenvalue weighted by atomic mass is 16.7. The number of hydrogen-bond donors (Lipinski definition) is 1. The fraction of sp³-hybridized carbons (Fsp3) is 0.261. The van der Waals surface area contributed by atoms with Crippen molar-refractivity contribution in [2.75, 3.05) is 20.4 Å². The van der Waals surface area contributed by atoms with E-state index in [0.717, 1.165) is 16.3 Å². The number of nitro groups is 1. The largest absolute Gasteiger partial charge is 0.359 e. The van der Waals surface area contributed by atoms with Crippen LogP contribution in [0.4, 0.5) is 5.69 Å². The van der Waals surface area contributed by atoms with Crippen molar-refractivity contribution in [3.05, 3.63) is 87.5 Å². The standard InChI is InChI=1S/C23H24N2O5/c1-16-7-10-21(25(27)28)20(13-16)22(30-15-29-2)11-12-24-23(26)19-9-8-17-5-3-4-6-18(17)14-19/h3-10,13-14,22H,11-12,15H2,1-2H3,(H,24,26). The molecule has 3 aromatic rings. The number of nitrogens with one attached hydrogen (secondary N) is 1. The van der Waals surface area contributed by atoms with Gasteiger partial charge in [-0.15, -0.1) is 0 Å². The lowest BCUT2D eigenvalue weighted by Crippen LogP contribution is -2.26. The minimum absolute atomic E-state index is 0.00557. The SMILES string of the molecule is COCOC(CCNC(=O)c1ccc2ccccc2c1)c1cc(C)ccc1[N+](=O)[O-]. The Hall–Kier alpha value is -3.29. The van der Waals surface area contributed by atoms with Gasteiger partial charge in [0.05, 0.1) is 16.6 Å².